The van der Waals surface area contributed by atoms with Crippen LogP contribution < -0.4 is 0 Å². The summed E-state index contributed by atoms with van der Waals surface area (Å²) in [7, 11) is 0. The topological polar surface area (TPSA) is 27.7 Å². The standard InChI is InChI=1S/C10H18O3.C2H6/c1-9(2)5-7-8(6-11-9)13-10(3,4)12-7;1-2/h7-8H,5-6H2,1-4H3;1-2H3/t7-,8+;/m1./s1. The summed E-state index contributed by atoms with van der Waals surface area (Å²) in [6.07, 6.45) is 1.25. The van der Waals surface area contributed by atoms with E-state index in [0.29, 0.717) is 6.61 Å². The first-order valence-electron chi connectivity index (χ1n) is 5.88. The SMILES string of the molecule is CC.CC1(C)C[C@H]2OC(C)(C)O[C@H]2CO1. The highest BCUT2D eigenvalue weighted by atomic mass is 16.8. The van der Waals surface area contributed by atoms with Crippen LogP contribution in [0.3, 0.4) is 0 Å². The third-order valence-electron chi connectivity index (χ3n) is 2.62. The molecule has 0 saturated carbocycles. The molecular weight excluding hydrogens is 192 g/mol. The Balaban J connectivity index is 0.000000531. The first kappa shape index (κ1) is 12.9. The van der Waals surface area contributed by atoms with Gasteiger partial charge in [-0.3, -0.25) is 0 Å². The maximum absolute atomic E-state index is 5.79. The van der Waals surface area contributed by atoms with Gasteiger partial charge < -0.3 is 14.2 Å². The highest BCUT2D eigenvalue weighted by Gasteiger charge is 2.47. The molecule has 0 N–H and O–H groups in total. The van der Waals surface area contributed by atoms with E-state index in [4.69, 9.17) is 14.2 Å². The molecule has 0 unspecified atom stereocenters. The van der Waals surface area contributed by atoms with Crippen LogP contribution in [0.25, 0.3) is 0 Å². The van der Waals surface area contributed by atoms with Crippen LogP contribution in [0.2, 0.25) is 0 Å². The molecule has 3 heteroatoms. The second kappa shape index (κ2) is 4.40. The Labute approximate surface area is 93.1 Å². The predicted octanol–water partition coefficient (Wildman–Crippen LogP) is 2.73. The lowest BCUT2D eigenvalue weighted by molar-refractivity contribution is -0.147. The van der Waals surface area contributed by atoms with Gasteiger partial charge in [-0.2, -0.15) is 0 Å². The summed E-state index contributed by atoms with van der Waals surface area (Å²) in [6, 6.07) is 0. The predicted molar refractivity (Wildman–Crippen MR) is 59.8 cm³/mol. The van der Waals surface area contributed by atoms with Crippen molar-refractivity contribution in [3.63, 3.8) is 0 Å². The average Bonchev–Trinajstić information content (AvgIpc) is 2.40. The van der Waals surface area contributed by atoms with Crippen molar-refractivity contribution in [3.8, 4) is 0 Å². The Morgan fingerprint density at radius 1 is 0.933 bits per heavy atom. The minimum absolute atomic E-state index is 0.0645. The first-order valence-corrected chi connectivity index (χ1v) is 5.88. The van der Waals surface area contributed by atoms with Crippen molar-refractivity contribution in [1.29, 1.82) is 0 Å². The zero-order valence-electron chi connectivity index (χ0n) is 10.8. The molecule has 0 aromatic heterocycles. The molecule has 0 amide bonds. The summed E-state index contributed by atoms with van der Waals surface area (Å²) in [5.41, 5.74) is -0.0645. The molecule has 15 heavy (non-hydrogen) atoms. The monoisotopic (exact) mass is 216 g/mol. The van der Waals surface area contributed by atoms with Crippen LogP contribution in [0.4, 0.5) is 0 Å². The quantitative estimate of drug-likeness (QED) is 0.623. The minimum Gasteiger partial charge on any atom is -0.373 e. The highest BCUT2D eigenvalue weighted by Crippen LogP contribution is 2.37. The molecule has 2 aliphatic rings. The van der Waals surface area contributed by atoms with Crippen LogP contribution in [0.1, 0.15) is 48.0 Å². The van der Waals surface area contributed by atoms with Gasteiger partial charge in [0.2, 0.25) is 0 Å². The van der Waals surface area contributed by atoms with Crippen LogP contribution in [0, 0.1) is 0 Å². The van der Waals surface area contributed by atoms with Gasteiger partial charge >= 0.3 is 0 Å². The Morgan fingerprint density at radius 2 is 1.47 bits per heavy atom. The molecule has 2 saturated heterocycles. The highest BCUT2D eigenvalue weighted by molar-refractivity contribution is 4.90. The minimum atomic E-state index is -0.431. The molecule has 0 aromatic carbocycles. The van der Waals surface area contributed by atoms with Crippen LogP contribution in [0.15, 0.2) is 0 Å². The van der Waals surface area contributed by atoms with Crippen molar-refractivity contribution in [2.45, 2.75) is 71.6 Å². The van der Waals surface area contributed by atoms with Gasteiger partial charge in [0.25, 0.3) is 0 Å². The van der Waals surface area contributed by atoms with Gasteiger partial charge in [-0.25, -0.2) is 0 Å². The van der Waals surface area contributed by atoms with E-state index in [9.17, 15) is 0 Å². The largest absolute Gasteiger partial charge is 0.373 e. The third kappa shape index (κ3) is 3.16. The molecule has 2 fully saturated rings. The van der Waals surface area contributed by atoms with E-state index in [0.717, 1.165) is 6.42 Å². The number of hydrogen-bond acceptors (Lipinski definition) is 3. The van der Waals surface area contributed by atoms with Crippen molar-refractivity contribution in [2.24, 2.45) is 0 Å². The summed E-state index contributed by atoms with van der Waals surface area (Å²) >= 11 is 0. The van der Waals surface area contributed by atoms with E-state index in [1.807, 2.05) is 27.7 Å². The maximum Gasteiger partial charge on any atom is 0.163 e. The zero-order valence-corrected chi connectivity index (χ0v) is 10.8. The fourth-order valence-electron chi connectivity index (χ4n) is 2.07. The molecule has 3 nitrogen and oxygen atoms in total. The molecule has 0 radical (unpaired) electrons. The van der Waals surface area contributed by atoms with Gasteiger partial charge in [0.15, 0.2) is 5.79 Å². The number of ether oxygens (including phenoxy) is 3. The van der Waals surface area contributed by atoms with Crippen molar-refractivity contribution < 1.29 is 14.2 Å². The van der Waals surface area contributed by atoms with Crippen molar-refractivity contribution in [1.82, 2.24) is 0 Å². The van der Waals surface area contributed by atoms with E-state index in [1.54, 1.807) is 0 Å². The molecule has 2 atom stereocenters. The maximum atomic E-state index is 5.79. The number of hydrogen-bond donors (Lipinski definition) is 0. The Kier molecular flexibility index (Phi) is 3.80. The van der Waals surface area contributed by atoms with Crippen LogP contribution in [0.5, 0.6) is 0 Å². The molecule has 2 rings (SSSR count). The summed E-state index contributed by atoms with van der Waals surface area (Å²) in [6.45, 7) is 12.8. The van der Waals surface area contributed by atoms with E-state index in [1.165, 1.54) is 0 Å². The number of rotatable bonds is 0. The Hall–Kier alpha value is -0.120. The lowest BCUT2D eigenvalue weighted by Crippen LogP contribution is -2.44. The smallest absolute Gasteiger partial charge is 0.163 e. The van der Waals surface area contributed by atoms with E-state index >= 15 is 0 Å². The van der Waals surface area contributed by atoms with Gasteiger partial charge in [-0.05, 0) is 27.7 Å². The van der Waals surface area contributed by atoms with E-state index in [2.05, 4.69) is 13.8 Å². The van der Waals surface area contributed by atoms with Crippen LogP contribution in [-0.4, -0.2) is 30.2 Å². The lowest BCUT2D eigenvalue weighted by atomic mass is 9.94. The van der Waals surface area contributed by atoms with Gasteiger partial charge in [-0.1, -0.05) is 13.8 Å². The fourth-order valence-corrected chi connectivity index (χ4v) is 2.07. The van der Waals surface area contributed by atoms with Crippen LogP contribution >= 0.6 is 0 Å². The molecule has 0 aromatic rings. The van der Waals surface area contributed by atoms with Crippen molar-refractivity contribution >= 4 is 0 Å². The fraction of sp³-hybridized carbons (Fsp3) is 1.00. The Bertz CT molecular complexity index is 209. The summed E-state index contributed by atoms with van der Waals surface area (Å²) in [5.74, 6) is -0.431. The molecule has 2 aliphatic heterocycles. The van der Waals surface area contributed by atoms with E-state index in [-0.39, 0.29) is 17.8 Å². The van der Waals surface area contributed by atoms with E-state index < -0.39 is 5.79 Å². The lowest BCUT2D eigenvalue weighted by Gasteiger charge is -2.35. The Morgan fingerprint density at radius 3 is 2.07 bits per heavy atom. The van der Waals surface area contributed by atoms with Gasteiger partial charge in [-0.15, -0.1) is 0 Å². The summed E-state index contributed by atoms with van der Waals surface area (Å²) in [4.78, 5) is 0. The second-order valence-electron chi connectivity index (χ2n) is 4.99. The molecule has 0 aliphatic carbocycles. The normalized spacial score (nSPS) is 36.4. The molecule has 0 spiro atoms. The van der Waals surface area contributed by atoms with Crippen molar-refractivity contribution in [3.05, 3.63) is 0 Å². The summed E-state index contributed by atoms with van der Waals surface area (Å²) < 4.78 is 17.2. The molecule has 2 heterocycles. The molecule has 0 bridgehead atoms. The van der Waals surface area contributed by atoms with Gasteiger partial charge in [0.05, 0.1) is 18.3 Å². The average molecular weight is 216 g/mol. The number of fused-ring (bicyclic) bond motifs is 1. The van der Waals surface area contributed by atoms with Gasteiger partial charge in [0.1, 0.15) is 6.10 Å². The van der Waals surface area contributed by atoms with Crippen LogP contribution in [-0.2, 0) is 14.2 Å². The second-order valence-corrected chi connectivity index (χ2v) is 4.99. The zero-order chi connectivity index (χ0) is 11.7. The first-order chi connectivity index (χ1) is 6.88. The molecule has 90 valence electrons. The van der Waals surface area contributed by atoms with Crippen molar-refractivity contribution in [2.75, 3.05) is 6.61 Å². The van der Waals surface area contributed by atoms with Gasteiger partial charge in [0, 0.05) is 6.42 Å². The third-order valence-corrected chi connectivity index (χ3v) is 2.62. The summed E-state index contributed by atoms with van der Waals surface area (Å²) in [5, 5.41) is 0. The molecular formula is C12H24O3.